The van der Waals surface area contributed by atoms with Gasteiger partial charge in [-0.3, -0.25) is 10.1 Å². The SMILES string of the molecule is CC(=O)Nc1nnc(CN[C@H]2C[C@@H]2c2ccc(OCc3ccccc3)cc2)o1. The molecule has 0 aliphatic heterocycles. The van der Waals surface area contributed by atoms with Crippen molar-refractivity contribution in [3.8, 4) is 5.75 Å². The first-order valence-electron chi connectivity index (χ1n) is 9.27. The third-order valence-corrected chi connectivity index (χ3v) is 4.61. The highest BCUT2D eigenvalue weighted by molar-refractivity contribution is 5.86. The lowest BCUT2D eigenvalue weighted by Gasteiger charge is -2.07. The van der Waals surface area contributed by atoms with Crippen molar-refractivity contribution in [1.29, 1.82) is 0 Å². The maximum atomic E-state index is 11.0. The molecule has 1 saturated carbocycles. The fourth-order valence-corrected chi connectivity index (χ4v) is 3.09. The van der Waals surface area contributed by atoms with E-state index in [0.29, 0.717) is 31.0 Å². The minimum Gasteiger partial charge on any atom is -0.489 e. The van der Waals surface area contributed by atoms with Gasteiger partial charge in [0.25, 0.3) is 0 Å². The summed E-state index contributed by atoms with van der Waals surface area (Å²) in [6.45, 7) is 2.44. The van der Waals surface area contributed by atoms with E-state index in [1.165, 1.54) is 12.5 Å². The van der Waals surface area contributed by atoms with Gasteiger partial charge in [-0.05, 0) is 29.7 Å². The number of hydrogen-bond donors (Lipinski definition) is 2. The smallest absolute Gasteiger partial charge is 0.322 e. The van der Waals surface area contributed by atoms with Crippen LogP contribution in [0.25, 0.3) is 0 Å². The standard InChI is InChI=1S/C21H22N4O3/c1-14(26)23-21-25-24-20(28-21)12-22-19-11-18(19)16-7-9-17(10-8-16)27-13-15-5-3-2-4-6-15/h2-10,18-19,22H,11-13H2,1H3,(H,23,25,26)/t18-,19+/m1/s1. The molecule has 1 heterocycles. The molecule has 1 fully saturated rings. The number of rotatable bonds is 8. The van der Waals surface area contributed by atoms with Crippen molar-refractivity contribution in [2.24, 2.45) is 0 Å². The molecule has 7 heteroatoms. The predicted octanol–water partition coefficient (Wildman–Crippen LogP) is 3.25. The first-order chi connectivity index (χ1) is 13.7. The average Bonchev–Trinajstić information content (AvgIpc) is 3.36. The molecule has 0 bridgehead atoms. The van der Waals surface area contributed by atoms with Crippen LogP contribution >= 0.6 is 0 Å². The number of ether oxygens (including phenoxy) is 1. The van der Waals surface area contributed by atoms with Gasteiger partial charge in [0.1, 0.15) is 12.4 Å². The number of benzene rings is 2. The van der Waals surface area contributed by atoms with Gasteiger partial charge in [0.2, 0.25) is 11.8 Å². The van der Waals surface area contributed by atoms with Crippen molar-refractivity contribution in [3.63, 3.8) is 0 Å². The molecule has 28 heavy (non-hydrogen) atoms. The molecule has 2 aromatic carbocycles. The lowest BCUT2D eigenvalue weighted by molar-refractivity contribution is -0.114. The Morgan fingerprint density at radius 3 is 2.68 bits per heavy atom. The van der Waals surface area contributed by atoms with Crippen molar-refractivity contribution in [2.75, 3.05) is 5.32 Å². The lowest BCUT2D eigenvalue weighted by Crippen LogP contribution is -2.17. The van der Waals surface area contributed by atoms with Crippen LogP contribution in [0.5, 0.6) is 5.75 Å². The Labute approximate surface area is 163 Å². The van der Waals surface area contributed by atoms with Gasteiger partial charge in [0, 0.05) is 18.9 Å². The van der Waals surface area contributed by atoms with Crippen LogP contribution in [0, 0.1) is 0 Å². The van der Waals surface area contributed by atoms with E-state index >= 15 is 0 Å². The molecule has 0 radical (unpaired) electrons. The number of nitrogens with zero attached hydrogens (tertiary/aromatic N) is 2. The van der Waals surface area contributed by atoms with E-state index in [9.17, 15) is 4.79 Å². The normalized spacial score (nSPS) is 17.9. The molecule has 7 nitrogen and oxygen atoms in total. The first kappa shape index (κ1) is 18.2. The van der Waals surface area contributed by atoms with Crippen molar-refractivity contribution in [3.05, 3.63) is 71.6 Å². The zero-order valence-corrected chi connectivity index (χ0v) is 15.6. The van der Waals surface area contributed by atoms with Crippen molar-refractivity contribution in [1.82, 2.24) is 15.5 Å². The van der Waals surface area contributed by atoms with Crippen LogP contribution in [0.3, 0.4) is 0 Å². The zero-order valence-electron chi connectivity index (χ0n) is 15.6. The summed E-state index contributed by atoms with van der Waals surface area (Å²) in [4.78, 5) is 11.0. The molecule has 2 atom stereocenters. The number of nitrogens with one attached hydrogen (secondary N) is 2. The molecular weight excluding hydrogens is 356 g/mol. The van der Waals surface area contributed by atoms with E-state index in [1.54, 1.807) is 0 Å². The zero-order chi connectivity index (χ0) is 19.3. The van der Waals surface area contributed by atoms with Crippen molar-refractivity contribution < 1.29 is 13.9 Å². The summed E-state index contributed by atoms with van der Waals surface area (Å²) in [5.74, 6) is 1.57. The Balaban J connectivity index is 1.23. The van der Waals surface area contributed by atoms with Crippen LogP contribution in [-0.2, 0) is 17.9 Å². The van der Waals surface area contributed by atoms with Gasteiger partial charge in [0.05, 0.1) is 6.54 Å². The summed E-state index contributed by atoms with van der Waals surface area (Å²) in [7, 11) is 0. The minimum atomic E-state index is -0.235. The second kappa shape index (κ2) is 8.22. The predicted molar refractivity (Wildman–Crippen MR) is 104 cm³/mol. The van der Waals surface area contributed by atoms with E-state index in [-0.39, 0.29) is 11.9 Å². The Morgan fingerprint density at radius 2 is 1.93 bits per heavy atom. The van der Waals surface area contributed by atoms with Gasteiger partial charge in [-0.15, -0.1) is 5.10 Å². The van der Waals surface area contributed by atoms with Crippen molar-refractivity contribution >= 4 is 11.9 Å². The number of hydrogen-bond acceptors (Lipinski definition) is 6. The third kappa shape index (κ3) is 4.75. The summed E-state index contributed by atoms with van der Waals surface area (Å²) >= 11 is 0. The number of anilines is 1. The summed E-state index contributed by atoms with van der Waals surface area (Å²) in [6.07, 6.45) is 1.07. The van der Waals surface area contributed by atoms with Gasteiger partial charge in [0.15, 0.2) is 0 Å². The Bertz CT molecular complexity index is 924. The third-order valence-electron chi connectivity index (χ3n) is 4.61. The lowest BCUT2D eigenvalue weighted by atomic mass is 10.1. The average molecular weight is 378 g/mol. The van der Waals surface area contributed by atoms with Crippen molar-refractivity contribution in [2.45, 2.75) is 38.5 Å². The summed E-state index contributed by atoms with van der Waals surface area (Å²) in [5, 5.41) is 13.6. The molecule has 0 unspecified atom stereocenters. The second-order valence-electron chi connectivity index (χ2n) is 6.86. The molecule has 4 rings (SSSR count). The molecule has 2 N–H and O–H groups in total. The molecule has 3 aromatic rings. The summed E-state index contributed by atoms with van der Waals surface area (Å²) < 4.78 is 11.2. The molecule has 144 valence electrons. The minimum absolute atomic E-state index is 0.128. The Hall–Kier alpha value is -3.19. The quantitative estimate of drug-likeness (QED) is 0.625. The second-order valence-corrected chi connectivity index (χ2v) is 6.86. The largest absolute Gasteiger partial charge is 0.489 e. The number of carbonyl (C=O) groups excluding carboxylic acids is 1. The van der Waals surface area contributed by atoms with Crippen LogP contribution in [0.2, 0.25) is 0 Å². The topological polar surface area (TPSA) is 89.3 Å². The number of aromatic nitrogens is 2. The van der Waals surface area contributed by atoms with Crippen LogP contribution < -0.4 is 15.4 Å². The maximum Gasteiger partial charge on any atom is 0.322 e. The molecule has 1 aromatic heterocycles. The van der Waals surface area contributed by atoms with E-state index < -0.39 is 0 Å². The fourth-order valence-electron chi connectivity index (χ4n) is 3.09. The van der Waals surface area contributed by atoms with E-state index in [2.05, 4.69) is 45.1 Å². The van der Waals surface area contributed by atoms with E-state index in [1.807, 2.05) is 30.3 Å². The highest BCUT2D eigenvalue weighted by Gasteiger charge is 2.38. The number of amides is 1. The maximum absolute atomic E-state index is 11.0. The number of carbonyl (C=O) groups is 1. The molecule has 1 amide bonds. The van der Waals surface area contributed by atoms with Gasteiger partial charge in [-0.25, -0.2) is 0 Å². The van der Waals surface area contributed by atoms with Crippen LogP contribution in [0.4, 0.5) is 6.01 Å². The monoisotopic (exact) mass is 378 g/mol. The van der Waals surface area contributed by atoms with Crippen LogP contribution in [0.1, 0.15) is 36.3 Å². The van der Waals surface area contributed by atoms with Crippen LogP contribution in [0.15, 0.2) is 59.0 Å². The van der Waals surface area contributed by atoms with Gasteiger partial charge >= 0.3 is 6.01 Å². The van der Waals surface area contributed by atoms with Gasteiger partial charge in [-0.2, -0.15) is 0 Å². The highest BCUT2D eigenvalue weighted by atomic mass is 16.5. The molecule has 1 aliphatic rings. The molecule has 1 aliphatic carbocycles. The summed E-state index contributed by atoms with van der Waals surface area (Å²) in [6, 6.07) is 18.9. The molecule has 0 saturated heterocycles. The van der Waals surface area contributed by atoms with Crippen LogP contribution in [-0.4, -0.2) is 22.1 Å². The first-order valence-corrected chi connectivity index (χ1v) is 9.27. The van der Waals surface area contributed by atoms with Gasteiger partial charge in [-0.1, -0.05) is 47.6 Å². The van der Waals surface area contributed by atoms with E-state index in [0.717, 1.165) is 17.7 Å². The van der Waals surface area contributed by atoms with E-state index in [4.69, 9.17) is 9.15 Å². The summed E-state index contributed by atoms with van der Waals surface area (Å²) in [5.41, 5.74) is 2.44. The Morgan fingerprint density at radius 1 is 1.14 bits per heavy atom. The molecular formula is C21H22N4O3. The van der Waals surface area contributed by atoms with Gasteiger partial charge < -0.3 is 14.5 Å². The molecule has 0 spiro atoms. The highest BCUT2D eigenvalue weighted by Crippen LogP contribution is 2.41. The Kier molecular flexibility index (Phi) is 5.34. The fraction of sp³-hybridized carbons (Fsp3) is 0.286.